The van der Waals surface area contributed by atoms with Crippen molar-refractivity contribution in [2.45, 2.75) is 30.7 Å². The Hall–Kier alpha value is -2.31. The van der Waals surface area contributed by atoms with E-state index in [-0.39, 0.29) is 5.56 Å². The minimum atomic E-state index is -1.75. The molecule has 0 spiro atoms. The smallest absolute Gasteiger partial charge is 0.337 e. The summed E-state index contributed by atoms with van der Waals surface area (Å²) in [5.41, 5.74) is -0.572. The van der Waals surface area contributed by atoms with E-state index in [1.54, 1.807) is 0 Å². The van der Waals surface area contributed by atoms with Crippen molar-refractivity contribution in [1.29, 1.82) is 0 Å². The van der Waals surface area contributed by atoms with Crippen LogP contribution < -0.4 is 4.74 Å². The summed E-state index contributed by atoms with van der Waals surface area (Å²) in [5.74, 6) is -1.19. The van der Waals surface area contributed by atoms with Crippen molar-refractivity contribution in [2.75, 3.05) is 13.7 Å². The summed E-state index contributed by atoms with van der Waals surface area (Å²) < 4.78 is 14.9. The number of aliphatic hydroxyl groups excluding tert-OH is 4. The Bertz CT molecular complexity index is 648. The van der Waals surface area contributed by atoms with Crippen LogP contribution in [-0.2, 0) is 9.47 Å². The summed E-state index contributed by atoms with van der Waals surface area (Å²) in [4.78, 5) is 21.9. The first kappa shape index (κ1) is 19.0. The molecule has 1 heterocycles. The number of rotatable bonds is 5. The fourth-order valence-electron chi connectivity index (χ4n) is 2.29. The number of esters is 1. The Morgan fingerprint density at radius 2 is 1.96 bits per heavy atom. The average molecular weight is 359 g/mol. The van der Waals surface area contributed by atoms with Gasteiger partial charge in [0, 0.05) is 12.1 Å². The topological polar surface area (TPSA) is 169 Å². The molecule has 0 unspecified atom stereocenters. The maximum absolute atomic E-state index is 11.6. The van der Waals surface area contributed by atoms with Crippen LogP contribution >= 0.6 is 0 Å². The van der Waals surface area contributed by atoms with Crippen molar-refractivity contribution in [3.63, 3.8) is 0 Å². The minimum absolute atomic E-state index is 0.0484. The number of carbonyl (C=O) groups is 1. The number of ether oxygens (including phenoxy) is 3. The van der Waals surface area contributed by atoms with E-state index in [4.69, 9.17) is 14.6 Å². The predicted molar refractivity (Wildman–Crippen MR) is 78.8 cm³/mol. The molecule has 4 N–H and O–H groups in total. The van der Waals surface area contributed by atoms with E-state index in [1.165, 1.54) is 0 Å². The molecule has 1 aliphatic rings. The van der Waals surface area contributed by atoms with Gasteiger partial charge >= 0.3 is 11.7 Å². The lowest BCUT2D eigenvalue weighted by Crippen LogP contribution is -2.60. The van der Waals surface area contributed by atoms with Crippen LogP contribution in [0.2, 0.25) is 0 Å². The van der Waals surface area contributed by atoms with Gasteiger partial charge in [0.15, 0.2) is 0 Å². The quantitative estimate of drug-likeness (QED) is 0.277. The molecular formula is C14H17NO10. The monoisotopic (exact) mass is 359 g/mol. The molecule has 1 aromatic carbocycles. The molecule has 138 valence electrons. The van der Waals surface area contributed by atoms with Gasteiger partial charge in [0.05, 0.1) is 24.2 Å². The zero-order chi connectivity index (χ0) is 18.7. The molecule has 0 bridgehead atoms. The summed E-state index contributed by atoms with van der Waals surface area (Å²) >= 11 is 0. The molecule has 0 amide bonds. The highest BCUT2D eigenvalue weighted by Crippen LogP contribution is 2.32. The van der Waals surface area contributed by atoms with Gasteiger partial charge in [-0.2, -0.15) is 0 Å². The van der Waals surface area contributed by atoms with Crippen LogP contribution in [0.5, 0.6) is 5.75 Å². The van der Waals surface area contributed by atoms with E-state index in [0.29, 0.717) is 0 Å². The summed E-state index contributed by atoms with van der Waals surface area (Å²) in [5, 5.41) is 49.6. The Morgan fingerprint density at radius 3 is 2.52 bits per heavy atom. The van der Waals surface area contributed by atoms with Crippen LogP contribution in [-0.4, -0.2) is 75.7 Å². The molecule has 1 saturated heterocycles. The summed E-state index contributed by atoms with van der Waals surface area (Å²) in [6.45, 7) is -0.685. The zero-order valence-electron chi connectivity index (χ0n) is 13.0. The van der Waals surface area contributed by atoms with Crippen molar-refractivity contribution in [3.05, 3.63) is 33.9 Å². The summed E-state index contributed by atoms with van der Waals surface area (Å²) in [7, 11) is 1.13. The number of hydrogen-bond donors (Lipinski definition) is 4. The number of carbonyl (C=O) groups excluding carboxylic acids is 1. The molecule has 2 rings (SSSR count). The Balaban J connectivity index is 2.33. The molecule has 0 radical (unpaired) electrons. The minimum Gasteiger partial charge on any atom is -0.465 e. The van der Waals surface area contributed by atoms with Gasteiger partial charge in [-0.3, -0.25) is 10.1 Å². The number of benzene rings is 1. The molecule has 11 nitrogen and oxygen atoms in total. The summed E-state index contributed by atoms with van der Waals surface area (Å²) in [6.07, 6.45) is -7.93. The van der Waals surface area contributed by atoms with E-state index >= 15 is 0 Å². The van der Waals surface area contributed by atoms with Crippen LogP contribution in [0.4, 0.5) is 5.69 Å². The van der Waals surface area contributed by atoms with Crippen LogP contribution in [0.25, 0.3) is 0 Å². The molecule has 1 aromatic rings. The molecule has 11 heteroatoms. The fraction of sp³-hybridized carbons (Fsp3) is 0.500. The third kappa shape index (κ3) is 3.86. The number of nitro groups is 1. The number of methoxy groups -OCH3 is 1. The van der Waals surface area contributed by atoms with Crippen molar-refractivity contribution >= 4 is 11.7 Å². The first-order valence-corrected chi connectivity index (χ1v) is 7.14. The molecule has 0 aromatic heterocycles. The zero-order valence-corrected chi connectivity index (χ0v) is 13.0. The van der Waals surface area contributed by atoms with E-state index in [0.717, 1.165) is 25.3 Å². The molecule has 0 saturated carbocycles. The molecular weight excluding hydrogens is 342 g/mol. The lowest BCUT2D eigenvalue weighted by Gasteiger charge is -2.39. The first-order valence-electron chi connectivity index (χ1n) is 7.14. The van der Waals surface area contributed by atoms with Gasteiger partial charge in [0.2, 0.25) is 12.0 Å². The van der Waals surface area contributed by atoms with Gasteiger partial charge in [-0.25, -0.2) is 4.79 Å². The lowest BCUT2D eigenvalue weighted by molar-refractivity contribution is -0.387. The van der Waals surface area contributed by atoms with E-state index in [2.05, 4.69) is 4.74 Å². The van der Waals surface area contributed by atoms with Gasteiger partial charge in [-0.15, -0.1) is 0 Å². The van der Waals surface area contributed by atoms with Crippen molar-refractivity contribution < 1.29 is 44.4 Å². The highest BCUT2D eigenvalue weighted by Gasteiger charge is 2.45. The van der Waals surface area contributed by atoms with Gasteiger partial charge in [-0.05, 0) is 6.07 Å². The molecule has 0 aliphatic carbocycles. The normalized spacial score (nSPS) is 29.1. The number of hydrogen-bond acceptors (Lipinski definition) is 10. The van der Waals surface area contributed by atoms with Crippen LogP contribution in [0, 0.1) is 10.1 Å². The highest BCUT2D eigenvalue weighted by molar-refractivity contribution is 5.90. The van der Waals surface area contributed by atoms with E-state index < -0.39 is 59.6 Å². The maximum atomic E-state index is 11.6. The third-order valence-electron chi connectivity index (χ3n) is 3.67. The van der Waals surface area contributed by atoms with Gasteiger partial charge < -0.3 is 34.6 Å². The molecule has 5 atom stereocenters. The largest absolute Gasteiger partial charge is 0.465 e. The Labute approximate surface area is 141 Å². The SMILES string of the molecule is COC(=O)c1ccc([N+](=O)[O-])c(O[C@@H]2O[C@H](CO)[C@H](O)[C@H](O)[C@H]2O)c1. The van der Waals surface area contributed by atoms with Crippen LogP contribution in [0.1, 0.15) is 10.4 Å². The van der Waals surface area contributed by atoms with E-state index in [9.17, 15) is 30.2 Å². The summed E-state index contributed by atoms with van der Waals surface area (Å²) in [6, 6.07) is 3.18. The molecule has 25 heavy (non-hydrogen) atoms. The van der Waals surface area contributed by atoms with Gasteiger partial charge in [0.25, 0.3) is 0 Å². The predicted octanol–water partition coefficient (Wildman–Crippen LogP) is -1.44. The second-order valence-corrected chi connectivity index (χ2v) is 5.25. The molecule has 1 aliphatic heterocycles. The second kappa shape index (κ2) is 7.72. The Kier molecular flexibility index (Phi) is 5.87. The average Bonchev–Trinajstić information content (AvgIpc) is 2.61. The fourth-order valence-corrected chi connectivity index (χ4v) is 2.29. The van der Waals surface area contributed by atoms with Gasteiger partial charge in [-0.1, -0.05) is 0 Å². The second-order valence-electron chi connectivity index (χ2n) is 5.25. The lowest BCUT2D eigenvalue weighted by atomic mass is 9.99. The standard InChI is InChI=1S/C14H17NO10/c1-23-13(20)6-2-3-7(15(21)22)8(4-6)24-14-12(19)11(18)10(17)9(5-16)25-14/h2-4,9-12,14,16-19H,5H2,1H3/t9-,10+,11+,12-,14-/m1/s1. The van der Waals surface area contributed by atoms with Crippen molar-refractivity contribution in [2.24, 2.45) is 0 Å². The number of nitro benzene ring substituents is 1. The first-order chi connectivity index (χ1) is 11.8. The Morgan fingerprint density at radius 1 is 1.28 bits per heavy atom. The van der Waals surface area contributed by atoms with Crippen LogP contribution in [0.3, 0.4) is 0 Å². The highest BCUT2D eigenvalue weighted by atomic mass is 16.7. The third-order valence-corrected chi connectivity index (χ3v) is 3.67. The van der Waals surface area contributed by atoms with Crippen LogP contribution in [0.15, 0.2) is 18.2 Å². The van der Waals surface area contributed by atoms with Crippen molar-refractivity contribution in [1.82, 2.24) is 0 Å². The van der Waals surface area contributed by atoms with E-state index in [1.807, 2.05) is 0 Å². The van der Waals surface area contributed by atoms with Gasteiger partial charge in [0.1, 0.15) is 24.4 Å². The van der Waals surface area contributed by atoms with Crippen molar-refractivity contribution in [3.8, 4) is 5.75 Å². The maximum Gasteiger partial charge on any atom is 0.337 e. The number of aliphatic hydroxyl groups is 4. The molecule has 1 fully saturated rings. The number of nitrogens with zero attached hydrogens (tertiary/aromatic N) is 1.